The van der Waals surface area contributed by atoms with Crippen molar-refractivity contribution in [2.24, 2.45) is 0 Å². The van der Waals surface area contributed by atoms with Crippen LogP contribution < -0.4 is 0 Å². The highest BCUT2D eigenvalue weighted by molar-refractivity contribution is 5.96. The molecule has 3 heterocycles. The lowest BCUT2D eigenvalue weighted by atomic mass is 10.1. The van der Waals surface area contributed by atoms with Gasteiger partial charge in [0.25, 0.3) is 5.91 Å². The molecule has 1 aliphatic heterocycles. The number of amides is 1. The van der Waals surface area contributed by atoms with E-state index in [2.05, 4.69) is 34.8 Å². The van der Waals surface area contributed by atoms with E-state index in [-0.39, 0.29) is 18.6 Å². The summed E-state index contributed by atoms with van der Waals surface area (Å²) in [6.07, 6.45) is 3.44. The first-order valence-electron chi connectivity index (χ1n) is 10.1. The zero-order valence-corrected chi connectivity index (χ0v) is 17.0. The third-order valence-electron chi connectivity index (χ3n) is 5.56. The van der Waals surface area contributed by atoms with E-state index in [0.29, 0.717) is 18.7 Å². The predicted octanol–water partition coefficient (Wildman–Crippen LogP) is 2.46. The number of aliphatic hydroxyl groups is 1. The van der Waals surface area contributed by atoms with Crippen LogP contribution in [0.5, 0.6) is 0 Å². The topological polar surface area (TPSA) is 74.5 Å². The van der Waals surface area contributed by atoms with Crippen LogP contribution in [0.25, 0.3) is 11.2 Å². The number of imidazole rings is 1. The molecule has 0 aliphatic carbocycles. The van der Waals surface area contributed by atoms with Crippen LogP contribution in [-0.4, -0.2) is 61.5 Å². The van der Waals surface area contributed by atoms with Crippen molar-refractivity contribution >= 4 is 17.1 Å². The number of fused-ring (bicyclic) bond motifs is 1. The van der Waals surface area contributed by atoms with E-state index in [0.717, 1.165) is 41.9 Å². The molecule has 1 fully saturated rings. The fourth-order valence-corrected chi connectivity index (χ4v) is 3.81. The van der Waals surface area contributed by atoms with Gasteiger partial charge in [0.15, 0.2) is 5.65 Å². The van der Waals surface area contributed by atoms with Gasteiger partial charge in [-0.3, -0.25) is 9.69 Å². The summed E-state index contributed by atoms with van der Waals surface area (Å²) in [4.78, 5) is 26.0. The van der Waals surface area contributed by atoms with Gasteiger partial charge in [-0.1, -0.05) is 24.3 Å². The largest absolute Gasteiger partial charge is 0.392 e. The summed E-state index contributed by atoms with van der Waals surface area (Å²) in [5.41, 5.74) is 4.26. The van der Waals surface area contributed by atoms with Gasteiger partial charge in [-0.25, -0.2) is 9.97 Å². The normalized spacial score (nSPS) is 15.4. The Labute approximate surface area is 170 Å². The average molecular weight is 393 g/mol. The fourth-order valence-electron chi connectivity index (χ4n) is 3.81. The van der Waals surface area contributed by atoms with Crippen molar-refractivity contribution in [3.8, 4) is 0 Å². The molecule has 29 heavy (non-hydrogen) atoms. The second kappa shape index (κ2) is 8.31. The van der Waals surface area contributed by atoms with Crippen LogP contribution in [0.2, 0.25) is 0 Å². The highest BCUT2D eigenvalue weighted by Crippen LogP contribution is 2.18. The Bertz CT molecular complexity index is 1010. The number of carbonyl (C=O) groups excluding carboxylic acids is 1. The lowest BCUT2D eigenvalue weighted by Gasteiger charge is -2.35. The van der Waals surface area contributed by atoms with Gasteiger partial charge in [0, 0.05) is 45.0 Å². The van der Waals surface area contributed by atoms with Gasteiger partial charge in [-0.2, -0.15) is 0 Å². The van der Waals surface area contributed by atoms with Gasteiger partial charge >= 0.3 is 0 Å². The summed E-state index contributed by atoms with van der Waals surface area (Å²) in [6.45, 7) is 7.99. The maximum absolute atomic E-state index is 12.9. The first-order valence-corrected chi connectivity index (χ1v) is 10.1. The summed E-state index contributed by atoms with van der Waals surface area (Å²) in [5.74, 6) is 0.00825. The molecule has 4 rings (SSSR count). The minimum Gasteiger partial charge on any atom is -0.392 e. The van der Waals surface area contributed by atoms with E-state index in [1.165, 1.54) is 0 Å². The second-order valence-electron chi connectivity index (χ2n) is 7.81. The summed E-state index contributed by atoms with van der Waals surface area (Å²) in [6, 6.07) is 10.1. The fraction of sp³-hybridized carbons (Fsp3) is 0.409. The highest BCUT2D eigenvalue weighted by atomic mass is 16.3. The van der Waals surface area contributed by atoms with Crippen LogP contribution in [0.4, 0.5) is 0 Å². The van der Waals surface area contributed by atoms with E-state index >= 15 is 0 Å². The van der Waals surface area contributed by atoms with Gasteiger partial charge in [0.2, 0.25) is 0 Å². The predicted molar refractivity (Wildman–Crippen MR) is 111 cm³/mol. The molecular weight excluding hydrogens is 366 g/mol. The third-order valence-corrected chi connectivity index (χ3v) is 5.56. The van der Waals surface area contributed by atoms with E-state index in [1.807, 2.05) is 33.7 Å². The summed E-state index contributed by atoms with van der Waals surface area (Å²) < 4.78 is 2.01. The number of piperazine rings is 1. The number of aromatic nitrogens is 3. The van der Waals surface area contributed by atoms with E-state index < -0.39 is 0 Å². The minimum absolute atomic E-state index is 0.00825. The van der Waals surface area contributed by atoms with E-state index in [4.69, 9.17) is 0 Å². The Kier molecular flexibility index (Phi) is 5.60. The molecule has 1 saturated heterocycles. The van der Waals surface area contributed by atoms with Crippen LogP contribution in [0.3, 0.4) is 0 Å². The molecule has 1 N–H and O–H groups in total. The number of nitrogens with zero attached hydrogens (tertiary/aromatic N) is 5. The van der Waals surface area contributed by atoms with Gasteiger partial charge in [0.05, 0.1) is 18.5 Å². The van der Waals surface area contributed by atoms with Gasteiger partial charge in [-0.15, -0.1) is 0 Å². The number of hydrogen-bond acceptors (Lipinski definition) is 5. The molecule has 152 valence electrons. The standard InChI is InChI=1S/C22H27N5O2/c1-16(2)27-15-24-20-11-19(12-23-21(20)27)22(29)26-9-7-25(8-10-26)13-17-5-3-4-6-18(17)14-28/h3-6,11-12,15-16,28H,7-10,13-14H2,1-2H3. The summed E-state index contributed by atoms with van der Waals surface area (Å²) in [7, 11) is 0. The number of benzene rings is 1. The maximum atomic E-state index is 12.9. The Morgan fingerprint density at radius 2 is 1.83 bits per heavy atom. The average Bonchev–Trinajstić information content (AvgIpc) is 3.18. The molecule has 0 radical (unpaired) electrons. The summed E-state index contributed by atoms with van der Waals surface area (Å²) >= 11 is 0. The quantitative estimate of drug-likeness (QED) is 0.721. The van der Waals surface area contributed by atoms with Crippen molar-refractivity contribution in [1.29, 1.82) is 0 Å². The van der Waals surface area contributed by atoms with Crippen molar-refractivity contribution in [2.75, 3.05) is 26.2 Å². The maximum Gasteiger partial charge on any atom is 0.255 e. The van der Waals surface area contributed by atoms with Crippen molar-refractivity contribution in [1.82, 2.24) is 24.3 Å². The molecule has 0 atom stereocenters. The molecule has 0 bridgehead atoms. The zero-order valence-electron chi connectivity index (χ0n) is 17.0. The minimum atomic E-state index is 0.00825. The van der Waals surface area contributed by atoms with Crippen LogP contribution in [0.15, 0.2) is 42.9 Å². The van der Waals surface area contributed by atoms with Crippen LogP contribution in [-0.2, 0) is 13.2 Å². The number of rotatable bonds is 5. The molecule has 0 saturated carbocycles. The van der Waals surface area contributed by atoms with Crippen molar-refractivity contribution in [3.63, 3.8) is 0 Å². The Balaban J connectivity index is 1.40. The number of carbonyl (C=O) groups is 1. The molecule has 2 aromatic heterocycles. The molecule has 3 aromatic rings. The van der Waals surface area contributed by atoms with Gasteiger partial charge < -0.3 is 14.6 Å². The molecule has 7 heteroatoms. The molecule has 1 aromatic carbocycles. The Morgan fingerprint density at radius 3 is 2.52 bits per heavy atom. The Hall–Kier alpha value is -2.77. The van der Waals surface area contributed by atoms with Crippen molar-refractivity contribution in [3.05, 3.63) is 59.5 Å². The molecule has 1 aliphatic rings. The monoisotopic (exact) mass is 393 g/mol. The van der Waals surface area contributed by atoms with Crippen LogP contribution in [0.1, 0.15) is 41.4 Å². The Morgan fingerprint density at radius 1 is 1.10 bits per heavy atom. The highest BCUT2D eigenvalue weighted by Gasteiger charge is 2.23. The molecule has 7 nitrogen and oxygen atoms in total. The van der Waals surface area contributed by atoms with Crippen LogP contribution >= 0.6 is 0 Å². The van der Waals surface area contributed by atoms with Gasteiger partial charge in [-0.05, 0) is 31.0 Å². The molecule has 1 amide bonds. The number of hydrogen-bond donors (Lipinski definition) is 1. The zero-order chi connectivity index (χ0) is 20.4. The first-order chi connectivity index (χ1) is 14.1. The molecule has 0 spiro atoms. The SMILES string of the molecule is CC(C)n1cnc2cc(C(=O)N3CCN(Cc4ccccc4CO)CC3)cnc21. The van der Waals surface area contributed by atoms with E-state index in [9.17, 15) is 9.90 Å². The third kappa shape index (κ3) is 4.02. The lowest BCUT2D eigenvalue weighted by Crippen LogP contribution is -2.48. The van der Waals surface area contributed by atoms with Gasteiger partial charge in [0.1, 0.15) is 5.52 Å². The van der Waals surface area contributed by atoms with Crippen LogP contribution in [0, 0.1) is 0 Å². The smallest absolute Gasteiger partial charge is 0.255 e. The van der Waals surface area contributed by atoms with Crippen molar-refractivity contribution in [2.45, 2.75) is 33.0 Å². The number of pyridine rings is 1. The lowest BCUT2D eigenvalue weighted by molar-refractivity contribution is 0.0627. The van der Waals surface area contributed by atoms with Crippen molar-refractivity contribution < 1.29 is 9.90 Å². The number of aliphatic hydroxyl groups excluding tert-OH is 1. The van der Waals surface area contributed by atoms with E-state index in [1.54, 1.807) is 12.5 Å². The second-order valence-corrected chi connectivity index (χ2v) is 7.81. The summed E-state index contributed by atoms with van der Waals surface area (Å²) in [5, 5.41) is 9.51. The first kappa shape index (κ1) is 19.5. The molecular formula is C22H27N5O2. The molecule has 0 unspecified atom stereocenters.